The van der Waals surface area contributed by atoms with Gasteiger partial charge in [-0.15, -0.1) is 0 Å². The number of ether oxygens (including phenoxy) is 2. The van der Waals surface area contributed by atoms with Gasteiger partial charge in [0.05, 0.1) is 19.8 Å². The maximum atomic E-state index is 11.7. The third-order valence-electron chi connectivity index (χ3n) is 3.46. The zero-order valence-electron chi connectivity index (χ0n) is 12.0. The maximum absolute atomic E-state index is 11.7. The number of rotatable bonds is 8. The number of aliphatic hydroxyl groups excluding tert-OH is 8. The average Bonchev–Trinajstić information content (AvgIpc) is 2.57. The third kappa shape index (κ3) is 4.64. The Morgan fingerprint density at radius 2 is 1.57 bits per heavy atom. The molecule has 0 spiro atoms. The molecule has 0 radical (unpaired) electrons. The number of Topliss-reactive ketones (excluding diaryl/α,β-unsaturated/α-hetero) is 1. The molecule has 0 aromatic rings. The van der Waals surface area contributed by atoms with Crippen LogP contribution in [0.4, 0.5) is 0 Å². The van der Waals surface area contributed by atoms with Gasteiger partial charge < -0.3 is 50.3 Å². The molecule has 23 heavy (non-hydrogen) atoms. The Morgan fingerprint density at radius 3 is 2.04 bits per heavy atom. The highest BCUT2D eigenvalue weighted by atomic mass is 16.7. The van der Waals surface area contributed by atoms with Gasteiger partial charge in [0.1, 0.15) is 36.6 Å². The van der Waals surface area contributed by atoms with Gasteiger partial charge >= 0.3 is 0 Å². The number of hydrogen-bond acceptors (Lipinski definition) is 11. The molecule has 1 saturated heterocycles. The highest BCUT2D eigenvalue weighted by Gasteiger charge is 2.46. The molecule has 0 aromatic carbocycles. The first-order valence-electron chi connectivity index (χ1n) is 6.86. The van der Waals surface area contributed by atoms with Gasteiger partial charge in [0.15, 0.2) is 18.2 Å². The molecule has 0 amide bonds. The first-order valence-corrected chi connectivity index (χ1v) is 6.86. The summed E-state index contributed by atoms with van der Waals surface area (Å²) in [7, 11) is 0. The fraction of sp³-hybridized carbons (Fsp3) is 0.917. The fourth-order valence-electron chi connectivity index (χ4n) is 2.05. The van der Waals surface area contributed by atoms with E-state index in [1.54, 1.807) is 0 Å². The van der Waals surface area contributed by atoms with Gasteiger partial charge in [0.2, 0.25) is 0 Å². The van der Waals surface area contributed by atoms with Gasteiger partial charge in [-0.3, -0.25) is 4.79 Å². The lowest BCUT2D eigenvalue weighted by molar-refractivity contribution is -0.291. The number of hydrogen-bond donors (Lipinski definition) is 8. The largest absolute Gasteiger partial charge is 0.394 e. The van der Waals surface area contributed by atoms with Crippen molar-refractivity contribution in [3.8, 4) is 0 Å². The molecule has 136 valence electrons. The standard InChI is InChI=1S/C12H22O11/c13-1-4(16)7(18)11(5(17)2-14)23-12-10(21)9(20)8(19)6(3-15)22-12/h4-8,10-19,21H,1-3H2/t4-,5+,6+,7+,8-,10+,11+,12-/m0/s1. The quantitative estimate of drug-likeness (QED) is 0.209. The van der Waals surface area contributed by atoms with Crippen molar-refractivity contribution in [2.24, 2.45) is 0 Å². The lowest BCUT2D eigenvalue weighted by atomic mass is 10.00. The molecular formula is C12H22O11. The van der Waals surface area contributed by atoms with E-state index in [-0.39, 0.29) is 0 Å². The van der Waals surface area contributed by atoms with Crippen molar-refractivity contribution in [1.29, 1.82) is 0 Å². The van der Waals surface area contributed by atoms with Crippen LogP contribution in [0, 0.1) is 0 Å². The Hall–Kier alpha value is -0.730. The van der Waals surface area contributed by atoms with Crippen LogP contribution in [0.3, 0.4) is 0 Å². The van der Waals surface area contributed by atoms with E-state index in [0.717, 1.165) is 0 Å². The van der Waals surface area contributed by atoms with Crippen LogP contribution in [-0.4, -0.2) is 115 Å². The van der Waals surface area contributed by atoms with Crippen molar-refractivity contribution < 1.29 is 55.1 Å². The summed E-state index contributed by atoms with van der Waals surface area (Å²) in [5, 5.41) is 74.9. The summed E-state index contributed by atoms with van der Waals surface area (Å²) >= 11 is 0. The van der Waals surface area contributed by atoms with Crippen LogP contribution in [0.5, 0.6) is 0 Å². The first-order chi connectivity index (χ1) is 10.8. The normalized spacial score (nSPS) is 34.0. The molecule has 8 atom stereocenters. The van der Waals surface area contributed by atoms with Crippen LogP contribution in [0.1, 0.15) is 0 Å². The van der Waals surface area contributed by atoms with Crippen LogP contribution in [-0.2, 0) is 14.3 Å². The van der Waals surface area contributed by atoms with Gasteiger partial charge in [-0.05, 0) is 0 Å². The molecule has 11 heteroatoms. The smallest absolute Gasteiger partial charge is 0.197 e. The Balaban J connectivity index is 2.91. The zero-order valence-corrected chi connectivity index (χ0v) is 12.0. The predicted octanol–water partition coefficient (Wildman–Crippen LogP) is -5.55. The van der Waals surface area contributed by atoms with Crippen LogP contribution in [0.15, 0.2) is 0 Å². The van der Waals surface area contributed by atoms with Gasteiger partial charge in [-0.25, -0.2) is 0 Å². The molecule has 1 aliphatic rings. The molecule has 0 saturated carbocycles. The summed E-state index contributed by atoms with van der Waals surface area (Å²) in [6, 6.07) is 0. The SMILES string of the molecule is O=C1[C@@H](O)[C@H](O[C@@H]([C@H](O)[C@@H](O)CO)[C@H](O)CO)O[C@H](CO)[C@@H]1O. The number of ketones is 1. The topological polar surface area (TPSA) is 197 Å². The summed E-state index contributed by atoms with van der Waals surface area (Å²) in [5.41, 5.74) is 0. The van der Waals surface area contributed by atoms with Crippen molar-refractivity contribution in [2.75, 3.05) is 19.8 Å². The molecule has 0 aliphatic carbocycles. The number of carbonyl (C=O) groups is 1. The second kappa shape index (κ2) is 8.94. The lowest BCUT2D eigenvalue weighted by Gasteiger charge is -2.38. The Morgan fingerprint density at radius 1 is 1.00 bits per heavy atom. The summed E-state index contributed by atoms with van der Waals surface area (Å²) in [4.78, 5) is 11.7. The van der Waals surface area contributed by atoms with E-state index in [1.165, 1.54) is 0 Å². The van der Waals surface area contributed by atoms with E-state index >= 15 is 0 Å². The van der Waals surface area contributed by atoms with Crippen LogP contribution in [0.25, 0.3) is 0 Å². The van der Waals surface area contributed by atoms with Crippen LogP contribution in [0.2, 0.25) is 0 Å². The number of aliphatic hydroxyl groups is 8. The molecular weight excluding hydrogens is 320 g/mol. The minimum absolute atomic E-state index is 0.769. The Bertz CT molecular complexity index is 378. The third-order valence-corrected chi connectivity index (χ3v) is 3.46. The Kier molecular flexibility index (Phi) is 7.89. The van der Waals surface area contributed by atoms with Crippen molar-refractivity contribution in [1.82, 2.24) is 0 Å². The molecule has 8 N–H and O–H groups in total. The second-order valence-corrected chi connectivity index (χ2v) is 5.11. The molecule has 0 aromatic heterocycles. The maximum Gasteiger partial charge on any atom is 0.197 e. The molecule has 0 bridgehead atoms. The highest BCUT2D eigenvalue weighted by Crippen LogP contribution is 2.22. The zero-order chi connectivity index (χ0) is 17.7. The summed E-state index contributed by atoms with van der Waals surface area (Å²) in [6.07, 6.45) is -14.0. The van der Waals surface area contributed by atoms with Crippen LogP contribution < -0.4 is 0 Å². The molecule has 0 unspecified atom stereocenters. The average molecular weight is 342 g/mol. The van der Waals surface area contributed by atoms with Crippen molar-refractivity contribution in [3.05, 3.63) is 0 Å². The minimum Gasteiger partial charge on any atom is -0.394 e. The number of carbonyl (C=O) groups excluding carboxylic acids is 1. The molecule has 1 aliphatic heterocycles. The fourth-order valence-corrected chi connectivity index (χ4v) is 2.05. The second-order valence-electron chi connectivity index (χ2n) is 5.11. The van der Waals surface area contributed by atoms with Gasteiger partial charge in [-0.1, -0.05) is 0 Å². The molecule has 11 nitrogen and oxygen atoms in total. The monoisotopic (exact) mass is 342 g/mol. The summed E-state index contributed by atoms with van der Waals surface area (Å²) in [5.74, 6) is -1.10. The first kappa shape index (κ1) is 20.3. The van der Waals surface area contributed by atoms with E-state index in [4.69, 9.17) is 24.8 Å². The van der Waals surface area contributed by atoms with E-state index in [2.05, 4.69) is 0 Å². The van der Waals surface area contributed by atoms with E-state index in [9.17, 15) is 30.3 Å². The summed E-state index contributed by atoms with van der Waals surface area (Å²) in [6.45, 7) is -2.55. The van der Waals surface area contributed by atoms with E-state index in [0.29, 0.717) is 0 Å². The van der Waals surface area contributed by atoms with Gasteiger partial charge in [0, 0.05) is 0 Å². The van der Waals surface area contributed by atoms with Crippen LogP contribution >= 0.6 is 0 Å². The molecule has 1 rings (SSSR count). The lowest BCUT2D eigenvalue weighted by Crippen LogP contribution is -2.60. The molecule has 1 heterocycles. The van der Waals surface area contributed by atoms with Gasteiger partial charge in [-0.2, -0.15) is 0 Å². The van der Waals surface area contributed by atoms with E-state index < -0.39 is 74.6 Å². The summed E-state index contributed by atoms with van der Waals surface area (Å²) < 4.78 is 10.0. The van der Waals surface area contributed by atoms with Crippen molar-refractivity contribution in [3.63, 3.8) is 0 Å². The Labute approximate surface area is 130 Å². The van der Waals surface area contributed by atoms with E-state index in [1.807, 2.05) is 0 Å². The van der Waals surface area contributed by atoms with Crippen molar-refractivity contribution >= 4 is 5.78 Å². The minimum atomic E-state index is -1.99. The predicted molar refractivity (Wildman–Crippen MR) is 69.8 cm³/mol. The highest BCUT2D eigenvalue weighted by molar-refractivity contribution is 5.88. The molecule has 1 fully saturated rings. The van der Waals surface area contributed by atoms with Crippen molar-refractivity contribution in [2.45, 2.75) is 49.0 Å². The van der Waals surface area contributed by atoms with Gasteiger partial charge in [0.25, 0.3) is 0 Å².